The van der Waals surface area contributed by atoms with E-state index in [1.54, 1.807) is 0 Å². The fourth-order valence-electron chi connectivity index (χ4n) is 2.68. The zero-order valence-electron chi connectivity index (χ0n) is 11.7. The van der Waals surface area contributed by atoms with E-state index in [0.717, 1.165) is 28.3 Å². The molecule has 2 aromatic rings. The second kappa shape index (κ2) is 5.12. The lowest BCUT2D eigenvalue weighted by molar-refractivity contribution is 0.254. The normalized spacial score (nSPS) is 18.5. The van der Waals surface area contributed by atoms with Gasteiger partial charge < -0.3 is 10.5 Å². The fraction of sp³-hybridized carbons (Fsp3) is 0.294. The minimum Gasteiger partial charge on any atom is -0.490 e. The quantitative estimate of drug-likeness (QED) is 0.891. The standard InChI is InChI=1S/C17H18ClNO/c1-10-7-14-8-12(4-6-17(14)20-10)13-3-5-15(11(2)19)16(18)9-13/h3-6,8-11H,7,19H2,1-2H3. The van der Waals surface area contributed by atoms with Crippen molar-refractivity contribution in [2.75, 3.05) is 0 Å². The zero-order chi connectivity index (χ0) is 14.3. The van der Waals surface area contributed by atoms with E-state index in [-0.39, 0.29) is 12.1 Å². The van der Waals surface area contributed by atoms with Crippen LogP contribution in [0.2, 0.25) is 5.02 Å². The van der Waals surface area contributed by atoms with Gasteiger partial charge in [0.2, 0.25) is 0 Å². The summed E-state index contributed by atoms with van der Waals surface area (Å²) in [6.45, 7) is 4.03. The van der Waals surface area contributed by atoms with Crippen LogP contribution in [0.1, 0.15) is 31.0 Å². The van der Waals surface area contributed by atoms with Crippen LogP contribution in [-0.4, -0.2) is 6.10 Å². The molecule has 3 heteroatoms. The highest BCUT2D eigenvalue weighted by molar-refractivity contribution is 6.31. The molecule has 1 aliphatic rings. The molecular formula is C17H18ClNO. The van der Waals surface area contributed by atoms with Crippen molar-refractivity contribution in [3.05, 3.63) is 52.5 Å². The predicted molar refractivity (Wildman–Crippen MR) is 83.3 cm³/mol. The van der Waals surface area contributed by atoms with Gasteiger partial charge in [-0.2, -0.15) is 0 Å². The molecular weight excluding hydrogens is 270 g/mol. The first-order chi connectivity index (χ1) is 9.54. The Hall–Kier alpha value is -1.51. The molecule has 0 radical (unpaired) electrons. The van der Waals surface area contributed by atoms with Gasteiger partial charge in [0.25, 0.3) is 0 Å². The third-order valence-corrected chi connectivity index (χ3v) is 4.05. The van der Waals surface area contributed by atoms with Gasteiger partial charge in [0, 0.05) is 17.5 Å². The highest BCUT2D eigenvalue weighted by atomic mass is 35.5. The zero-order valence-corrected chi connectivity index (χ0v) is 12.4. The van der Waals surface area contributed by atoms with Crippen LogP contribution in [0.3, 0.4) is 0 Å². The second-order valence-electron chi connectivity index (χ2n) is 5.48. The molecule has 0 saturated heterocycles. The van der Waals surface area contributed by atoms with Gasteiger partial charge in [-0.25, -0.2) is 0 Å². The molecule has 2 nitrogen and oxygen atoms in total. The van der Waals surface area contributed by atoms with Gasteiger partial charge in [-0.15, -0.1) is 0 Å². The predicted octanol–water partition coefficient (Wildman–Crippen LogP) is 4.35. The molecule has 20 heavy (non-hydrogen) atoms. The summed E-state index contributed by atoms with van der Waals surface area (Å²) in [5, 5.41) is 0.725. The average Bonchev–Trinajstić information content (AvgIpc) is 2.77. The minimum atomic E-state index is -0.0502. The molecule has 1 aliphatic heterocycles. The van der Waals surface area contributed by atoms with Crippen molar-refractivity contribution in [1.29, 1.82) is 0 Å². The smallest absolute Gasteiger partial charge is 0.123 e. The lowest BCUT2D eigenvalue weighted by Crippen LogP contribution is -2.05. The first-order valence-corrected chi connectivity index (χ1v) is 7.27. The molecule has 2 unspecified atom stereocenters. The molecule has 2 N–H and O–H groups in total. The van der Waals surface area contributed by atoms with Crippen LogP contribution in [0.25, 0.3) is 11.1 Å². The third-order valence-electron chi connectivity index (χ3n) is 3.72. The molecule has 0 amide bonds. The summed E-state index contributed by atoms with van der Waals surface area (Å²) >= 11 is 6.31. The first-order valence-electron chi connectivity index (χ1n) is 6.89. The largest absolute Gasteiger partial charge is 0.490 e. The number of hydrogen-bond donors (Lipinski definition) is 1. The summed E-state index contributed by atoms with van der Waals surface area (Å²) in [6.07, 6.45) is 1.23. The van der Waals surface area contributed by atoms with Crippen molar-refractivity contribution in [3.8, 4) is 16.9 Å². The van der Waals surface area contributed by atoms with E-state index < -0.39 is 0 Å². The summed E-state index contributed by atoms with van der Waals surface area (Å²) in [5.41, 5.74) is 10.4. The van der Waals surface area contributed by atoms with Gasteiger partial charge in [0.1, 0.15) is 11.9 Å². The van der Waals surface area contributed by atoms with Crippen LogP contribution in [0.15, 0.2) is 36.4 Å². The van der Waals surface area contributed by atoms with Crippen molar-refractivity contribution in [2.45, 2.75) is 32.4 Å². The number of rotatable bonds is 2. The molecule has 0 fully saturated rings. The Kier molecular flexibility index (Phi) is 3.45. The van der Waals surface area contributed by atoms with Crippen LogP contribution in [-0.2, 0) is 6.42 Å². The second-order valence-corrected chi connectivity index (χ2v) is 5.89. The van der Waals surface area contributed by atoms with Crippen LogP contribution >= 0.6 is 11.6 Å². The van der Waals surface area contributed by atoms with Crippen LogP contribution in [0.5, 0.6) is 5.75 Å². The third kappa shape index (κ3) is 2.41. The average molecular weight is 288 g/mol. The van der Waals surface area contributed by atoms with E-state index in [1.807, 2.05) is 25.1 Å². The molecule has 1 heterocycles. The molecule has 0 spiro atoms. The highest BCUT2D eigenvalue weighted by Crippen LogP contribution is 2.34. The Morgan fingerprint density at radius 2 is 1.90 bits per heavy atom. The lowest BCUT2D eigenvalue weighted by atomic mass is 9.99. The Bertz CT molecular complexity index is 651. The molecule has 2 atom stereocenters. The van der Waals surface area contributed by atoms with Crippen molar-refractivity contribution in [1.82, 2.24) is 0 Å². The van der Waals surface area contributed by atoms with E-state index in [2.05, 4.69) is 25.1 Å². The van der Waals surface area contributed by atoms with Crippen molar-refractivity contribution in [2.24, 2.45) is 5.73 Å². The van der Waals surface area contributed by atoms with Crippen LogP contribution in [0.4, 0.5) is 0 Å². The minimum absolute atomic E-state index is 0.0502. The first kappa shape index (κ1) is 13.5. The Morgan fingerprint density at radius 3 is 2.60 bits per heavy atom. The topological polar surface area (TPSA) is 35.2 Å². The van der Waals surface area contributed by atoms with E-state index in [0.29, 0.717) is 0 Å². The lowest BCUT2D eigenvalue weighted by Gasteiger charge is -2.11. The fourth-order valence-corrected chi connectivity index (χ4v) is 3.03. The van der Waals surface area contributed by atoms with Gasteiger partial charge in [-0.3, -0.25) is 0 Å². The number of nitrogens with two attached hydrogens (primary N) is 1. The van der Waals surface area contributed by atoms with Gasteiger partial charge in [-0.1, -0.05) is 29.8 Å². The summed E-state index contributed by atoms with van der Waals surface area (Å²) in [4.78, 5) is 0. The van der Waals surface area contributed by atoms with Crippen LogP contribution in [0, 0.1) is 0 Å². The molecule has 0 bridgehead atoms. The summed E-state index contributed by atoms with van der Waals surface area (Å²) in [6, 6.07) is 12.3. The highest BCUT2D eigenvalue weighted by Gasteiger charge is 2.19. The maximum absolute atomic E-state index is 6.31. The van der Waals surface area contributed by atoms with Crippen LogP contribution < -0.4 is 10.5 Å². The van der Waals surface area contributed by atoms with E-state index >= 15 is 0 Å². The Balaban J connectivity index is 1.98. The Labute approximate surface area is 124 Å². The molecule has 2 aromatic carbocycles. The van der Waals surface area contributed by atoms with E-state index in [1.165, 1.54) is 11.1 Å². The molecule has 0 aliphatic carbocycles. The van der Waals surface area contributed by atoms with Crippen molar-refractivity contribution >= 4 is 11.6 Å². The Morgan fingerprint density at radius 1 is 1.20 bits per heavy atom. The number of hydrogen-bond acceptors (Lipinski definition) is 2. The van der Waals surface area contributed by atoms with Gasteiger partial charge >= 0.3 is 0 Å². The van der Waals surface area contributed by atoms with E-state index in [9.17, 15) is 0 Å². The maximum Gasteiger partial charge on any atom is 0.123 e. The SMILES string of the molecule is CC1Cc2cc(-c3ccc(C(C)N)c(Cl)c3)ccc2O1. The van der Waals surface area contributed by atoms with Gasteiger partial charge in [0.05, 0.1) is 0 Å². The summed E-state index contributed by atoms with van der Waals surface area (Å²) in [7, 11) is 0. The number of benzene rings is 2. The molecule has 0 aromatic heterocycles. The van der Waals surface area contributed by atoms with Crippen molar-refractivity contribution < 1.29 is 4.74 Å². The van der Waals surface area contributed by atoms with Gasteiger partial charge in [-0.05, 0) is 54.3 Å². The molecule has 3 rings (SSSR count). The monoisotopic (exact) mass is 287 g/mol. The summed E-state index contributed by atoms with van der Waals surface area (Å²) in [5.74, 6) is 1.000. The van der Waals surface area contributed by atoms with Crippen molar-refractivity contribution in [3.63, 3.8) is 0 Å². The number of ether oxygens (including phenoxy) is 1. The summed E-state index contributed by atoms with van der Waals surface area (Å²) < 4.78 is 5.73. The number of fused-ring (bicyclic) bond motifs is 1. The molecule has 104 valence electrons. The molecule has 0 saturated carbocycles. The van der Waals surface area contributed by atoms with E-state index in [4.69, 9.17) is 22.1 Å². The maximum atomic E-state index is 6.31. The van der Waals surface area contributed by atoms with Gasteiger partial charge in [0.15, 0.2) is 0 Å². The number of halogens is 1.